The summed E-state index contributed by atoms with van der Waals surface area (Å²) in [4.78, 5) is 0. The standard InChI is InChI=1S/C14H18ClN3/c1-3-18-10-12(9-17-18)8-16-14-7-5-4-6-13(14)11(2)15/h4-7,9-11,16H,3,8H2,1-2H3. The molecule has 4 heteroatoms. The molecule has 0 aliphatic carbocycles. The highest BCUT2D eigenvalue weighted by Gasteiger charge is 2.07. The van der Waals surface area contributed by atoms with Gasteiger partial charge in [0.2, 0.25) is 0 Å². The highest BCUT2D eigenvalue weighted by molar-refractivity contribution is 6.21. The first-order valence-corrected chi connectivity index (χ1v) is 6.62. The topological polar surface area (TPSA) is 29.9 Å². The summed E-state index contributed by atoms with van der Waals surface area (Å²) in [6, 6.07) is 8.13. The van der Waals surface area contributed by atoms with Crippen LogP contribution in [-0.2, 0) is 13.1 Å². The summed E-state index contributed by atoms with van der Waals surface area (Å²) in [7, 11) is 0. The summed E-state index contributed by atoms with van der Waals surface area (Å²) in [5, 5.41) is 7.67. The molecule has 1 aromatic heterocycles. The van der Waals surface area contributed by atoms with E-state index in [1.54, 1.807) is 0 Å². The first kappa shape index (κ1) is 13.0. The zero-order valence-corrected chi connectivity index (χ0v) is 11.5. The van der Waals surface area contributed by atoms with Gasteiger partial charge in [-0.15, -0.1) is 11.6 Å². The fourth-order valence-corrected chi connectivity index (χ4v) is 2.06. The number of aryl methyl sites for hydroxylation is 1. The molecule has 1 atom stereocenters. The Hall–Kier alpha value is -1.48. The third kappa shape index (κ3) is 3.05. The van der Waals surface area contributed by atoms with Gasteiger partial charge in [0.1, 0.15) is 0 Å². The Morgan fingerprint density at radius 2 is 2.17 bits per heavy atom. The lowest BCUT2D eigenvalue weighted by Gasteiger charge is -2.12. The number of alkyl halides is 1. The van der Waals surface area contributed by atoms with Crippen LogP contribution in [0.5, 0.6) is 0 Å². The monoisotopic (exact) mass is 263 g/mol. The molecule has 0 saturated heterocycles. The van der Waals surface area contributed by atoms with Crippen LogP contribution in [0.3, 0.4) is 0 Å². The fraction of sp³-hybridized carbons (Fsp3) is 0.357. The first-order chi connectivity index (χ1) is 8.70. The van der Waals surface area contributed by atoms with Gasteiger partial charge in [-0.05, 0) is 25.5 Å². The van der Waals surface area contributed by atoms with Gasteiger partial charge in [0.15, 0.2) is 0 Å². The molecule has 0 aliphatic heterocycles. The van der Waals surface area contributed by atoms with Crippen LogP contribution >= 0.6 is 11.6 Å². The van der Waals surface area contributed by atoms with Crippen LogP contribution in [0.4, 0.5) is 5.69 Å². The van der Waals surface area contributed by atoms with Gasteiger partial charge < -0.3 is 5.32 Å². The number of benzene rings is 1. The molecule has 1 unspecified atom stereocenters. The van der Waals surface area contributed by atoms with Crippen LogP contribution in [0.1, 0.15) is 30.4 Å². The van der Waals surface area contributed by atoms with Crippen molar-refractivity contribution in [1.82, 2.24) is 9.78 Å². The largest absolute Gasteiger partial charge is 0.381 e. The summed E-state index contributed by atoms with van der Waals surface area (Å²) in [6.07, 6.45) is 3.95. The lowest BCUT2D eigenvalue weighted by atomic mass is 10.1. The highest BCUT2D eigenvalue weighted by atomic mass is 35.5. The molecule has 0 saturated carbocycles. The molecule has 2 rings (SSSR count). The molecule has 0 bridgehead atoms. The van der Waals surface area contributed by atoms with E-state index in [2.05, 4.69) is 35.7 Å². The molecule has 0 spiro atoms. The molecule has 2 aromatic rings. The van der Waals surface area contributed by atoms with Gasteiger partial charge in [-0.1, -0.05) is 18.2 Å². The van der Waals surface area contributed by atoms with Gasteiger partial charge in [-0.25, -0.2) is 0 Å². The first-order valence-electron chi connectivity index (χ1n) is 6.19. The van der Waals surface area contributed by atoms with Crippen molar-refractivity contribution in [3.05, 3.63) is 47.8 Å². The fourth-order valence-electron chi connectivity index (χ4n) is 1.87. The van der Waals surface area contributed by atoms with E-state index in [9.17, 15) is 0 Å². The third-order valence-corrected chi connectivity index (χ3v) is 3.12. The number of rotatable bonds is 5. The Morgan fingerprint density at radius 3 is 2.83 bits per heavy atom. The van der Waals surface area contributed by atoms with Crippen LogP contribution in [0, 0.1) is 0 Å². The van der Waals surface area contributed by atoms with Crippen LogP contribution in [0.2, 0.25) is 0 Å². The lowest BCUT2D eigenvalue weighted by molar-refractivity contribution is 0.659. The predicted molar refractivity (Wildman–Crippen MR) is 75.9 cm³/mol. The maximum absolute atomic E-state index is 6.16. The molecule has 1 aromatic carbocycles. The van der Waals surface area contributed by atoms with Crippen molar-refractivity contribution in [2.75, 3.05) is 5.32 Å². The van der Waals surface area contributed by atoms with Crippen LogP contribution < -0.4 is 5.32 Å². The van der Waals surface area contributed by atoms with Crippen LogP contribution in [0.25, 0.3) is 0 Å². The van der Waals surface area contributed by atoms with Crippen LogP contribution in [-0.4, -0.2) is 9.78 Å². The van der Waals surface area contributed by atoms with Gasteiger partial charge in [-0.3, -0.25) is 4.68 Å². The van der Waals surface area contributed by atoms with Crippen molar-refractivity contribution in [2.45, 2.75) is 32.3 Å². The molecular weight excluding hydrogens is 246 g/mol. The summed E-state index contributed by atoms with van der Waals surface area (Å²) < 4.78 is 1.92. The van der Waals surface area contributed by atoms with E-state index in [-0.39, 0.29) is 5.38 Å². The molecule has 0 amide bonds. The molecule has 0 fully saturated rings. The Bertz CT molecular complexity index is 505. The lowest BCUT2D eigenvalue weighted by Crippen LogP contribution is -2.02. The van der Waals surface area contributed by atoms with Gasteiger partial charge in [-0.2, -0.15) is 5.10 Å². The molecule has 0 radical (unpaired) electrons. The molecule has 3 nitrogen and oxygen atoms in total. The number of halogens is 1. The van der Waals surface area contributed by atoms with E-state index in [0.717, 1.165) is 24.3 Å². The minimum absolute atomic E-state index is 0.00654. The zero-order chi connectivity index (χ0) is 13.0. The molecule has 1 N–H and O–H groups in total. The summed E-state index contributed by atoms with van der Waals surface area (Å²) in [6.45, 7) is 5.72. The Balaban J connectivity index is 2.05. The second kappa shape index (κ2) is 5.91. The van der Waals surface area contributed by atoms with Crippen molar-refractivity contribution in [3.8, 4) is 0 Å². The number of hydrogen-bond acceptors (Lipinski definition) is 2. The van der Waals surface area contributed by atoms with Gasteiger partial charge in [0, 0.05) is 30.5 Å². The molecule has 96 valence electrons. The van der Waals surface area contributed by atoms with E-state index in [0.29, 0.717) is 0 Å². The minimum Gasteiger partial charge on any atom is -0.381 e. The number of nitrogens with zero attached hydrogens (tertiary/aromatic N) is 2. The van der Waals surface area contributed by atoms with Crippen molar-refractivity contribution in [2.24, 2.45) is 0 Å². The quantitative estimate of drug-likeness (QED) is 0.832. The maximum atomic E-state index is 6.16. The number of hydrogen-bond donors (Lipinski definition) is 1. The molecule has 0 aliphatic rings. The average molecular weight is 264 g/mol. The van der Waals surface area contributed by atoms with Gasteiger partial charge >= 0.3 is 0 Å². The van der Waals surface area contributed by atoms with E-state index >= 15 is 0 Å². The van der Waals surface area contributed by atoms with Crippen LogP contribution in [0.15, 0.2) is 36.7 Å². The molecular formula is C14H18ClN3. The summed E-state index contributed by atoms with van der Waals surface area (Å²) in [5.74, 6) is 0. The third-order valence-electron chi connectivity index (χ3n) is 2.88. The predicted octanol–water partition coefficient (Wildman–Crippen LogP) is 3.81. The van der Waals surface area contributed by atoms with Gasteiger partial charge in [0.25, 0.3) is 0 Å². The van der Waals surface area contributed by atoms with Crippen molar-refractivity contribution in [3.63, 3.8) is 0 Å². The maximum Gasteiger partial charge on any atom is 0.0577 e. The van der Waals surface area contributed by atoms with E-state index in [1.165, 1.54) is 5.56 Å². The normalized spacial score (nSPS) is 12.4. The van der Waals surface area contributed by atoms with E-state index in [1.807, 2.05) is 29.9 Å². The summed E-state index contributed by atoms with van der Waals surface area (Å²) >= 11 is 6.16. The van der Waals surface area contributed by atoms with Gasteiger partial charge in [0.05, 0.1) is 11.6 Å². The second-order valence-corrected chi connectivity index (χ2v) is 4.92. The van der Waals surface area contributed by atoms with Crippen molar-refractivity contribution < 1.29 is 0 Å². The highest BCUT2D eigenvalue weighted by Crippen LogP contribution is 2.27. The number of para-hydroxylation sites is 1. The average Bonchev–Trinajstić information content (AvgIpc) is 2.84. The number of nitrogens with one attached hydrogen (secondary N) is 1. The Kier molecular flexibility index (Phi) is 4.26. The smallest absolute Gasteiger partial charge is 0.0577 e. The second-order valence-electron chi connectivity index (χ2n) is 4.26. The summed E-state index contributed by atoms with van der Waals surface area (Å²) in [5.41, 5.74) is 3.39. The van der Waals surface area contributed by atoms with E-state index in [4.69, 9.17) is 11.6 Å². The van der Waals surface area contributed by atoms with E-state index < -0.39 is 0 Å². The minimum atomic E-state index is 0.00654. The van der Waals surface area contributed by atoms with Crippen molar-refractivity contribution in [1.29, 1.82) is 0 Å². The number of aromatic nitrogens is 2. The Labute approximate surface area is 113 Å². The SMILES string of the molecule is CCn1cc(CNc2ccccc2C(C)Cl)cn1. The molecule has 1 heterocycles. The molecule has 18 heavy (non-hydrogen) atoms. The number of anilines is 1. The zero-order valence-electron chi connectivity index (χ0n) is 10.7. The Morgan fingerprint density at radius 1 is 1.39 bits per heavy atom. The van der Waals surface area contributed by atoms with Crippen molar-refractivity contribution >= 4 is 17.3 Å².